The Bertz CT molecular complexity index is 764. The number of aryl methyl sites for hydroxylation is 1. The summed E-state index contributed by atoms with van der Waals surface area (Å²) in [5.74, 6) is -0.948. The molecule has 1 aromatic carbocycles. The molecule has 0 atom stereocenters. The van der Waals surface area contributed by atoms with Crippen LogP contribution in [0, 0.1) is 10.1 Å². The molecule has 1 aromatic heterocycles. The second-order valence-electron chi connectivity index (χ2n) is 5.06. The van der Waals surface area contributed by atoms with Gasteiger partial charge in [0.15, 0.2) is 6.61 Å². The molecule has 0 saturated heterocycles. The molecule has 0 bridgehead atoms. The molecule has 2 aromatic rings. The van der Waals surface area contributed by atoms with Crippen LogP contribution in [-0.2, 0) is 20.7 Å². The predicted molar refractivity (Wildman–Crippen MR) is 97.6 cm³/mol. The number of halogens is 1. The molecule has 2 rings (SSSR count). The van der Waals surface area contributed by atoms with Gasteiger partial charge in [0.25, 0.3) is 11.6 Å². The van der Waals surface area contributed by atoms with Crippen LogP contribution in [0.15, 0.2) is 40.2 Å². The molecule has 25 heavy (non-hydrogen) atoms. The number of carbonyl (C=O) groups excluding carboxylic acids is 2. The number of esters is 1. The number of benzene rings is 1. The molecular weight excluding hydrogens is 412 g/mol. The van der Waals surface area contributed by atoms with E-state index in [2.05, 4.69) is 21.2 Å². The summed E-state index contributed by atoms with van der Waals surface area (Å²) in [6.07, 6.45) is 1.70. The summed E-state index contributed by atoms with van der Waals surface area (Å²) in [4.78, 5) is 34.8. The van der Waals surface area contributed by atoms with Gasteiger partial charge in [-0.25, -0.2) is 0 Å². The molecule has 0 aliphatic carbocycles. The van der Waals surface area contributed by atoms with Crippen LogP contribution in [0.1, 0.15) is 17.7 Å². The molecule has 1 heterocycles. The molecule has 0 spiro atoms. The molecule has 0 aliphatic heterocycles. The van der Waals surface area contributed by atoms with E-state index in [-0.39, 0.29) is 12.1 Å². The van der Waals surface area contributed by atoms with Crippen LogP contribution < -0.4 is 5.32 Å². The zero-order valence-corrected chi connectivity index (χ0v) is 15.5. The number of rotatable bonds is 8. The third-order valence-electron chi connectivity index (χ3n) is 3.19. The molecule has 0 saturated carbocycles. The lowest BCUT2D eigenvalue weighted by atomic mass is 10.2. The van der Waals surface area contributed by atoms with Crippen molar-refractivity contribution in [3.63, 3.8) is 0 Å². The molecule has 0 aliphatic rings. The molecule has 0 fully saturated rings. The average Bonchev–Trinajstić information content (AvgIpc) is 3.08. The predicted octanol–water partition coefficient (Wildman–Crippen LogP) is 3.92. The minimum absolute atomic E-state index is 0.0953. The monoisotopic (exact) mass is 426 g/mol. The Hall–Kier alpha value is -2.26. The Balaban J connectivity index is 1.72. The van der Waals surface area contributed by atoms with Crippen molar-refractivity contribution in [1.29, 1.82) is 0 Å². The highest BCUT2D eigenvalue weighted by Crippen LogP contribution is 2.27. The van der Waals surface area contributed by atoms with Crippen LogP contribution in [0.2, 0.25) is 0 Å². The van der Waals surface area contributed by atoms with E-state index in [9.17, 15) is 19.7 Å². The van der Waals surface area contributed by atoms with Gasteiger partial charge in [-0.15, -0.1) is 11.3 Å². The third-order valence-corrected chi connectivity index (χ3v) is 4.78. The van der Waals surface area contributed by atoms with E-state index in [1.165, 1.54) is 23.1 Å². The molecule has 0 radical (unpaired) electrons. The third kappa shape index (κ3) is 6.28. The summed E-state index contributed by atoms with van der Waals surface area (Å²) in [5.41, 5.74) is 0.270. The largest absolute Gasteiger partial charge is 0.456 e. The number of hydrogen-bond acceptors (Lipinski definition) is 6. The van der Waals surface area contributed by atoms with Crippen molar-refractivity contribution in [1.82, 2.24) is 0 Å². The number of nitro benzene ring substituents is 1. The Morgan fingerprint density at radius 2 is 2.12 bits per heavy atom. The standard InChI is InChI=1S/C16H15BrN2O5S/c17-13-9-11(19(22)23)6-7-14(13)18-15(20)10-24-16(21)5-1-3-12-4-2-8-25-12/h2,4,6-9H,1,3,5,10H2,(H,18,20). The SMILES string of the molecule is O=C(COC(=O)CCCc1cccs1)Nc1ccc([N+](=O)[O-])cc1Br. The summed E-state index contributed by atoms with van der Waals surface area (Å²) < 4.78 is 5.30. The van der Waals surface area contributed by atoms with Gasteiger partial charge in [-0.05, 0) is 46.3 Å². The molecule has 9 heteroatoms. The number of carbonyl (C=O) groups is 2. The number of nitrogens with zero attached hydrogens (tertiary/aromatic N) is 1. The van der Waals surface area contributed by atoms with E-state index in [1.54, 1.807) is 11.3 Å². The van der Waals surface area contributed by atoms with Crippen molar-refractivity contribution in [3.05, 3.63) is 55.2 Å². The van der Waals surface area contributed by atoms with Crippen molar-refractivity contribution in [2.24, 2.45) is 0 Å². The molecule has 1 N–H and O–H groups in total. The minimum atomic E-state index is -0.533. The van der Waals surface area contributed by atoms with Gasteiger partial charge in [0.1, 0.15) is 0 Å². The second-order valence-corrected chi connectivity index (χ2v) is 6.95. The van der Waals surface area contributed by atoms with Crippen LogP contribution in [0.5, 0.6) is 0 Å². The normalized spacial score (nSPS) is 10.3. The highest BCUT2D eigenvalue weighted by Gasteiger charge is 2.12. The number of anilines is 1. The number of thiophene rings is 1. The number of hydrogen-bond donors (Lipinski definition) is 1. The summed E-state index contributed by atoms with van der Waals surface area (Å²) in [6.45, 7) is -0.402. The average molecular weight is 427 g/mol. The van der Waals surface area contributed by atoms with Crippen LogP contribution >= 0.6 is 27.3 Å². The maximum Gasteiger partial charge on any atom is 0.306 e. The molecular formula is C16H15BrN2O5S. The summed E-state index contributed by atoms with van der Waals surface area (Å²) in [7, 11) is 0. The summed E-state index contributed by atoms with van der Waals surface area (Å²) in [6, 6.07) is 7.93. The molecule has 132 valence electrons. The van der Waals surface area contributed by atoms with Gasteiger partial charge in [-0.1, -0.05) is 6.07 Å². The fraction of sp³-hybridized carbons (Fsp3) is 0.250. The number of amides is 1. The zero-order chi connectivity index (χ0) is 18.2. The van der Waals surface area contributed by atoms with E-state index in [1.807, 2.05) is 17.5 Å². The minimum Gasteiger partial charge on any atom is -0.456 e. The van der Waals surface area contributed by atoms with Crippen LogP contribution in [0.4, 0.5) is 11.4 Å². The van der Waals surface area contributed by atoms with Crippen LogP contribution in [0.3, 0.4) is 0 Å². The fourth-order valence-electron chi connectivity index (χ4n) is 1.99. The quantitative estimate of drug-likeness (QED) is 0.391. The van der Waals surface area contributed by atoms with Gasteiger partial charge < -0.3 is 10.1 Å². The van der Waals surface area contributed by atoms with Crippen molar-refractivity contribution in [3.8, 4) is 0 Å². The van der Waals surface area contributed by atoms with Crippen LogP contribution in [0.25, 0.3) is 0 Å². The van der Waals surface area contributed by atoms with Gasteiger partial charge in [-0.2, -0.15) is 0 Å². The van der Waals surface area contributed by atoms with Gasteiger partial charge in [-0.3, -0.25) is 19.7 Å². The van der Waals surface area contributed by atoms with Gasteiger partial charge in [0.2, 0.25) is 0 Å². The first-order valence-electron chi connectivity index (χ1n) is 7.37. The lowest BCUT2D eigenvalue weighted by Gasteiger charge is -2.08. The fourth-order valence-corrected chi connectivity index (χ4v) is 3.20. The van der Waals surface area contributed by atoms with E-state index in [0.29, 0.717) is 16.6 Å². The zero-order valence-electron chi connectivity index (χ0n) is 13.1. The van der Waals surface area contributed by atoms with E-state index in [0.717, 1.165) is 6.42 Å². The summed E-state index contributed by atoms with van der Waals surface area (Å²) >= 11 is 4.79. The Labute approximate surface area is 156 Å². The Kier molecular flexibility index (Phi) is 7.08. The van der Waals surface area contributed by atoms with Gasteiger partial charge >= 0.3 is 5.97 Å². The first-order valence-corrected chi connectivity index (χ1v) is 9.05. The van der Waals surface area contributed by atoms with Gasteiger partial charge in [0.05, 0.1) is 10.6 Å². The number of non-ortho nitro benzene ring substituents is 1. The first kappa shape index (κ1) is 19.1. The molecule has 7 nitrogen and oxygen atoms in total. The topological polar surface area (TPSA) is 98.5 Å². The van der Waals surface area contributed by atoms with Crippen molar-refractivity contribution < 1.29 is 19.2 Å². The van der Waals surface area contributed by atoms with E-state index >= 15 is 0 Å². The Morgan fingerprint density at radius 1 is 1.32 bits per heavy atom. The number of ether oxygens (including phenoxy) is 1. The van der Waals surface area contributed by atoms with Crippen molar-refractivity contribution >= 4 is 50.5 Å². The summed E-state index contributed by atoms with van der Waals surface area (Å²) in [5, 5.41) is 15.2. The van der Waals surface area contributed by atoms with Crippen molar-refractivity contribution in [2.75, 3.05) is 11.9 Å². The highest BCUT2D eigenvalue weighted by molar-refractivity contribution is 9.10. The van der Waals surface area contributed by atoms with Crippen LogP contribution in [-0.4, -0.2) is 23.4 Å². The lowest BCUT2D eigenvalue weighted by molar-refractivity contribution is -0.384. The van der Waals surface area contributed by atoms with E-state index in [4.69, 9.17) is 4.74 Å². The van der Waals surface area contributed by atoms with Gasteiger partial charge in [0, 0.05) is 27.9 Å². The maximum atomic E-state index is 11.8. The maximum absolute atomic E-state index is 11.8. The second kappa shape index (κ2) is 9.28. The Morgan fingerprint density at radius 3 is 2.76 bits per heavy atom. The van der Waals surface area contributed by atoms with Crippen molar-refractivity contribution in [2.45, 2.75) is 19.3 Å². The number of nitrogens with one attached hydrogen (secondary N) is 1. The first-order chi connectivity index (χ1) is 12.0. The lowest BCUT2D eigenvalue weighted by Crippen LogP contribution is -2.21. The van der Waals surface area contributed by atoms with E-state index < -0.39 is 23.4 Å². The highest BCUT2D eigenvalue weighted by atomic mass is 79.9. The number of nitro groups is 1. The molecule has 0 unspecified atom stereocenters. The smallest absolute Gasteiger partial charge is 0.306 e. The molecule has 1 amide bonds.